The fourth-order valence-corrected chi connectivity index (χ4v) is 1.94. The molecule has 0 bridgehead atoms. The second-order valence-corrected chi connectivity index (χ2v) is 4.44. The van der Waals surface area contributed by atoms with Crippen molar-refractivity contribution < 1.29 is 23.0 Å². The molecular formula is C15H17F2N3O3. The van der Waals surface area contributed by atoms with Crippen molar-refractivity contribution in [1.29, 1.82) is 0 Å². The van der Waals surface area contributed by atoms with Crippen LogP contribution in [0.25, 0.3) is 0 Å². The second-order valence-electron chi connectivity index (χ2n) is 4.44. The molecule has 2 N–H and O–H groups in total. The molecule has 1 aromatic rings. The molecule has 23 heavy (non-hydrogen) atoms. The predicted molar refractivity (Wildman–Crippen MR) is 80.8 cm³/mol. The normalized spacial score (nSPS) is 12.9. The van der Waals surface area contributed by atoms with Crippen LogP contribution in [0, 0.1) is 12.3 Å². The number of nitrogens with one attached hydrogen (secondary N) is 2. The molecule has 0 spiro atoms. The largest absolute Gasteiger partial charge is 0.454 e. The predicted octanol–water partition coefficient (Wildman–Crippen LogP) is 1.71. The fourth-order valence-electron chi connectivity index (χ4n) is 1.94. The van der Waals surface area contributed by atoms with Crippen LogP contribution in [-0.2, 0) is 6.54 Å². The average molecular weight is 325 g/mol. The van der Waals surface area contributed by atoms with E-state index in [9.17, 15) is 8.78 Å². The van der Waals surface area contributed by atoms with Gasteiger partial charge in [0.1, 0.15) is 5.75 Å². The van der Waals surface area contributed by atoms with Crippen LogP contribution in [0.15, 0.2) is 17.1 Å². The lowest BCUT2D eigenvalue weighted by Gasteiger charge is -2.12. The number of hydrogen-bond acceptors (Lipinski definition) is 4. The zero-order valence-electron chi connectivity index (χ0n) is 12.6. The van der Waals surface area contributed by atoms with Gasteiger partial charge in [-0.15, -0.1) is 6.42 Å². The molecule has 1 aliphatic rings. The first-order chi connectivity index (χ1) is 11.1. The molecule has 0 saturated heterocycles. The van der Waals surface area contributed by atoms with Crippen molar-refractivity contribution in [3.63, 3.8) is 0 Å². The van der Waals surface area contributed by atoms with Crippen LogP contribution < -0.4 is 24.8 Å². The van der Waals surface area contributed by atoms with Gasteiger partial charge in [0.05, 0.1) is 13.1 Å². The summed E-state index contributed by atoms with van der Waals surface area (Å²) >= 11 is 0. The topological polar surface area (TPSA) is 64.1 Å². The Morgan fingerprint density at radius 3 is 2.78 bits per heavy atom. The molecule has 0 saturated carbocycles. The lowest BCUT2D eigenvalue weighted by molar-refractivity contribution is -0.0505. The number of guanidine groups is 1. The van der Waals surface area contributed by atoms with E-state index in [1.807, 2.05) is 6.92 Å². The summed E-state index contributed by atoms with van der Waals surface area (Å²) in [5.41, 5.74) is 0.451. The zero-order valence-corrected chi connectivity index (χ0v) is 12.6. The maximum absolute atomic E-state index is 12.6. The number of benzene rings is 1. The Hall–Kier alpha value is -2.69. The third kappa shape index (κ3) is 4.64. The van der Waals surface area contributed by atoms with E-state index < -0.39 is 6.61 Å². The lowest BCUT2D eigenvalue weighted by Crippen LogP contribution is -2.37. The average Bonchev–Trinajstić information content (AvgIpc) is 2.96. The SMILES string of the molecule is C#CCNC(=NCc1cc2c(cc1OC(F)F)OCO2)NCC. The van der Waals surface area contributed by atoms with E-state index in [0.717, 1.165) is 0 Å². The monoisotopic (exact) mass is 325 g/mol. The van der Waals surface area contributed by atoms with Gasteiger partial charge >= 0.3 is 6.61 Å². The minimum atomic E-state index is -2.94. The van der Waals surface area contributed by atoms with Crippen molar-refractivity contribution in [3.05, 3.63) is 17.7 Å². The standard InChI is InChI=1S/C15H17F2N3O3/c1-3-5-19-15(18-4-2)20-8-10-6-12-13(22-9-21-12)7-11(10)23-14(16)17/h1,6-7,14H,4-5,8-9H2,2H3,(H2,18,19,20). The third-order valence-corrected chi connectivity index (χ3v) is 2.88. The molecule has 1 aromatic carbocycles. The molecule has 0 aromatic heterocycles. The molecular weight excluding hydrogens is 308 g/mol. The summed E-state index contributed by atoms with van der Waals surface area (Å²) < 4.78 is 40.1. The number of aliphatic imine (C=N–C) groups is 1. The Labute approximate surface area is 132 Å². The number of rotatable bonds is 6. The number of fused-ring (bicyclic) bond motifs is 1. The minimum Gasteiger partial charge on any atom is -0.454 e. The van der Waals surface area contributed by atoms with Crippen molar-refractivity contribution in [1.82, 2.24) is 10.6 Å². The van der Waals surface area contributed by atoms with Gasteiger partial charge in [-0.25, -0.2) is 4.99 Å². The molecule has 2 rings (SSSR count). The van der Waals surface area contributed by atoms with Gasteiger partial charge < -0.3 is 24.8 Å². The van der Waals surface area contributed by atoms with E-state index in [-0.39, 0.29) is 19.1 Å². The van der Waals surface area contributed by atoms with Crippen LogP contribution in [-0.4, -0.2) is 32.5 Å². The maximum Gasteiger partial charge on any atom is 0.387 e. The van der Waals surface area contributed by atoms with E-state index >= 15 is 0 Å². The number of terminal acetylenes is 1. The first kappa shape index (κ1) is 16.7. The molecule has 1 heterocycles. The summed E-state index contributed by atoms with van der Waals surface area (Å²) in [7, 11) is 0. The quantitative estimate of drug-likeness (QED) is 0.474. The van der Waals surface area contributed by atoms with Crippen molar-refractivity contribution in [2.75, 3.05) is 19.9 Å². The Balaban J connectivity index is 2.21. The van der Waals surface area contributed by atoms with E-state index in [0.29, 0.717) is 36.1 Å². The van der Waals surface area contributed by atoms with Crippen LogP contribution in [0.1, 0.15) is 12.5 Å². The van der Waals surface area contributed by atoms with Crippen LogP contribution in [0.5, 0.6) is 17.2 Å². The van der Waals surface area contributed by atoms with Gasteiger partial charge in [0.15, 0.2) is 17.5 Å². The summed E-state index contributed by atoms with van der Waals surface area (Å²) in [5.74, 6) is 3.75. The van der Waals surface area contributed by atoms with Crippen LogP contribution >= 0.6 is 0 Å². The van der Waals surface area contributed by atoms with Crippen molar-refractivity contribution in [2.45, 2.75) is 20.1 Å². The van der Waals surface area contributed by atoms with E-state index in [1.54, 1.807) is 6.07 Å². The van der Waals surface area contributed by atoms with Crippen molar-refractivity contribution in [3.8, 4) is 29.6 Å². The van der Waals surface area contributed by atoms with Crippen LogP contribution in [0.2, 0.25) is 0 Å². The number of nitrogens with zero attached hydrogens (tertiary/aromatic N) is 1. The van der Waals surface area contributed by atoms with Crippen molar-refractivity contribution >= 4 is 5.96 Å². The van der Waals surface area contributed by atoms with Crippen molar-refractivity contribution in [2.24, 2.45) is 4.99 Å². The van der Waals surface area contributed by atoms with Gasteiger partial charge in [0, 0.05) is 18.2 Å². The second kappa shape index (κ2) is 8.08. The first-order valence-corrected chi connectivity index (χ1v) is 6.97. The highest BCUT2D eigenvalue weighted by atomic mass is 19.3. The van der Waals surface area contributed by atoms with E-state index in [4.69, 9.17) is 15.9 Å². The Kier molecular flexibility index (Phi) is 5.86. The molecule has 0 atom stereocenters. The molecule has 0 unspecified atom stereocenters. The number of ether oxygens (including phenoxy) is 3. The molecule has 1 aliphatic heterocycles. The highest BCUT2D eigenvalue weighted by Crippen LogP contribution is 2.38. The summed E-state index contributed by atoms with van der Waals surface area (Å²) in [5, 5.41) is 5.91. The number of alkyl halides is 2. The molecule has 0 fully saturated rings. The highest BCUT2D eigenvalue weighted by Gasteiger charge is 2.20. The molecule has 0 aliphatic carbocycles. The number of halogens is 2. The van der Waals surface area contributed by atoms with Crippen LogP contribution in [0.3, 0.4) is 0 Å². The lowest BCUT2D eigenvalue weighted by atomic mass is 10.1. The van der Waals surface area contributed by atoms with Gasteiger partial charge in [-0.05, 0) is 13.0 Å². The summed E-state index contributed by atoms with van der Waals surface area (Å²) in [4.78, 5) is 4.29. The fraction of sp³-hybridized carbons (Fsp3) is 0.400. The molecule has 8 heteroatoms. The van der Waals surface area contributed by atoms with Gasteiger partial charge in [0.25, 0.3) is 0 Å². The zero-order chi connectivity index (χ0) is 16.7. The Morgan fingerprint density at radius 1 is 1.39 bits per heavy atom. The third-order valence-electron chi connectivity index (χ3n) is 2.88. The maximum atomic E-state index is 12.6. The van der Waals surface area contributed by atoms with Gasteiger partial charge in [-0.3, -0.25) is 0 Å². The summed E-state index contributed by atoms with van der Waals surface area (Å²) in [6, 6.07) is 2.95. The molecule has 124 valence electrons. The molecule has 0 radical (unpaired) electrons. The van der Waals surface area contributed by atoms with E-state index in [2.05, 4.69) is 26.3 Å². The minimum absolute atomic E-state index is 0.000739. The first-order valence-electron chi connectivity index (χ1n) is 6.97. The van der Waals surface area contributed by atoms with Gasteiger partial charge in [-0.1, -0.05) is 5.92 Å². The smallest absolute Gasteiger partial charge is 0.387 e. The Morgan fingerprint density at radius 2 is 2.13 bits per heavy atom. The summed E-state index contributed by atoms with van der Waals surface area (Å²) in [6.07, 6.45) is 5.19. The van der Waals surface area contributed by atoms with Crippen LogP contribution in [0.4, 0.5) is 8.78 Å². The van der Waals surface area contributed by atoms with E-state index in [1.165, 1.54) is 6.07 Å². The van der Waals surface area contributed by atoms with Gasteiger partial charge in [-0.2, -0.15) is 8.78 Å². The summed E-state index contributed by atoms with van der Waals surface area (Å²) in [6.45, 7) is 0.0525. The molecule has 6 nitrogen and oxygen atoms in total. The van der Waals surface area contributed by atoms with Gasteiger partial charge in [0.2, 0.25) is 6.79 Å². The highest BCUT2D eigenvalue weighted by molar-refractivity contribution is 5.80. The Bertz CT molecular complexity index is 615. The molecule has 0 amide bonds. The number of hydrogen-bond donors (Lipinski definition) is 2.